The van der Waals surface area contributed by atoms with E-state index in [1.807, 2.05) is 12.1 Å². The van der Waals surface area contributed by atoms with Gasteiger partial charge in [0.05, 0.1) is 11.0 Å². The van der Waals surface area contributed by atoms with Crippen molar-refractivity contribution in [3.8, 4) is 28.7 Å². The second kappa shape index (κ2) is 16.0. The van der Waals surface area contributed by atoms with Gasteiger partial charge in [-0.05, 0) is 121 Å². The topological polar surface area (TPSA) is 122 Å². The van der Waals surface area contributed by atoms with E-state index in [0.717, 1.165) is 38.8 Å². The fourth-order valence-electron chi connectivity index (χ4n) is 9.96. The zero-order valence-corrected chi connectivity index (χ0v) is 31.3. The third-order valence-electron chi connectivity index (χ3n) is 12.8. The van der Waals surface area contributed by atoms with E-state index in [-0.39, 0.29) is 39.7 Å². The van der Waals surface area contributed by atoms with Crippen molar-refractivity contribution < 1.29 is 30.3 Å². The summed E-state index contributed by atoms with van der Waals surface area (Å²) in [6, 6.07) is 16.9. The van der Waals surface area contributed by atoms with Crippen molar-refractivity contribution in [1.82, 2.24) is 5.32 Å². The highest BCUT2D eigenvalue weighted by Gasteiger charge is 2.56. The highest BCUT2D eigenvalue weighted by Crippen LogP contribution is 2.59. The number of aryl methyl sites for hydroxylation is 2. The first-order valence-corrected chi connectivity index (χ1v) is 20.1. The number of benzene rings is 4. The number of hydrogen-bond donors (Lipinski definition) is 6. The molecular formula is C46H57NO6. The van der Waals surface area contributed by atoms with Gasteiger partial charge in [0.25, 0.3) is 0 Å². The number of unbranched alkanes of at least 4 members (excludes halogenated alkanes) is 2. The number of aromatic hydroxyl groups is 5. The Kier molecular flexibility index (Phi) is 11.2. The number of phenolic OH excluding ortho intramolecular Hbond substituents is 5. The van der Waals surface area contributed by atoms with Crippen molar-refractivity contribution >= 4 is 22.9 Å². The van der Waals surface area contributed by atoms with Gasteiger partial charge in [0, 0.05) is 24.8 Å². The number of hydrogen-bond acceptors (Lipinski definition) is 7. The maximum atomic E-state index is 11.4. The van der Waals surface area contributed by atoms with Crippen LogP contribution in [-0.2, 0) is 30.5 Å². The van der Waals surface area contributed by atoms with Crippen LogP contribution in [0.5, 0.6) is 28.7 Å². The molecular weight excluding hydrogens is 663 g/mol. The standard InChI is InChI=1S/C46H57NO6/c1-2-3-4-10-33-27-31(13-17-34(33)30-47-35-21-26-53-46(29-35)25-8-7-24-45(46)22-5-6-23-45)15-19-38-36(18-14-32-16-20-39(48)41(50)28-32)37-11-9-12-40(49)42(37)44(52)43(38)51/h9,11-14,16-18,20,27-28,35,47-52H,2-8,10,15,19,21-26,29-30H2,1H3/t35-,46-/m0/s1. The maximum Gasteiger partial charge on any atom is 0.169 e. The van der Waals surface area contributed by atoms with Gasteiger partial charge < -0.3 is 35.6 Å². The normalized spacial score (nSPS) is 21.3. The summed E-state index contributed by atoms with van der Waals surface area (Å²) in [5.74, 6) is -1.13. The molecule has 2 aliphatic carbocycles. The Morgan fingerprint density at radius 1 is 0.755 bits per heavy atom. The van der Waals surface area contributed by atoms with Crippen LogP contribution in [0.1, 0.15) is 124 Å². The van der Waals surface area contributed by atoms with E-state index in [1.54, 1.807) is 18.2 Å². The predicted octanol–water partition coefficient (Wildman–Crippen LogP) is 10.2. The minimum absolute atomic E-state index is 0.0485. The lowest BCUT2D eigenvalue weighted by atomic mass is 9.59. The van der Waals surface area contributed by atoms with E-state index < -0.39 is 0 Å². The summed E-state index contributed by atoms with van der Waals surface area (Å²) in [5.41, 5.74) is 6.24. The van der Waals surface area contributed by atoms with Gasteiger partial charge in [-0.15, -0.1) is 0 Å². The Hall–Kier alpha value is -4.20. The second-order valence-corrected chi connectivity index (χ2v) is 16.0. The van der Waals surface area contributed by atoms with Gasteiger partial charge in [0.2, 0.25) is 0 Å². The second-order valence-electron chi connectivity index (χ2n) is 16.0. The van der Waals surface area contributed by atoms with Gasteiger partial charge in [-0.3, -0.25) is 0 Å². The van der Waals surface area contributed by atoms with Gasteiger partial charge in [0.1, 0.15) is 5.75 Å². The molecule has 0 amide bonds. The van der Waals surface area contributed by atoms with E-state index in [0.29, 0.717) is 46.4 Å². The van der Waals surface area contributed by atoms with Gasteiger partial charge in [-0.1, -0.05) is 94.0 Å². The molecule has 282 valence electrons. The molecule has 7 nitrogen and oxygen atoms in total. The highest BCUT2D eigenvalue weighted by atomic mass is 16.5. The third-order valence-corrected chi connectivity index (χ3v) is 12.8. The van der Waals surface area contributed by atoms with Crippen LogP contribution in [0.4, 0.5) is 0 Å². The summed E-state index contributed by atoms with van der Waals surface area (Å²) in [6.07, 6.45) is 22.0. The molecule has 1 aliphatic heterocycles. The van der Waals surface area contributed by atoms with Gasteiger partial charge >= 0.3 is 0 Å². The molecule has 6 N–H and O–H groups in total. The van der Waals surface area contributed by atoms with Crippen molar-refractivity contribution in [2.75, 3.05) is 6.61 Å². The first-order valence-electron chi connectivity index (χ1n) is 20.1. The number of nitrogens with one attached hydrogen (secondary N) is 1. The molecule has 2 spiro atoms. The highest BCUT2D eigenvalue weighted by molar-refractivity contribution is 6.03. The molecule has 3 fully saturated rings. The Morgan fingerprint density at radius 3 is 2.32 bits per heavy atom. The summed E-state index contributed by atoms with van der Waals surface area (Å²) >= 11 is 0. The minimum Gasteiger partial charge on any atom is -0.507 e. The monoisotopic (exact) mass is 719 g/mol. The Labute approximate surface area is 314 Å². The van der Waals surface area contributed by atoms with Gasteiger partial charge in [-0.25, -0.2) is 0 Å². The predicted molar refractivity (Wildman–Crippen MR) is 213 cm³/mol. The van der Waals surface area contributed by atoms with Crippen LogP contribution in [0.2, 0.25) is 0 Å². The maximum absolute atomic E-state index is 11.4. The minimum atomic E-state index is -0.337. The van der Waals surface area contributed by atoms with Crippen molar-refractivity contribution in [1.29, 1.82) is 0 Å². The van der Waals surface area contributed by atoms with Crippen LogP contribution in [-0.4, -0.2) is 43.8 Å². The zero-order chi connectivity index (χ0) is 37.0. The molecule has 0 bridgehead atoms. The molecule has 53 heavy (non-hydrogen) atoms. The first kappa shape index (κ1) is 37.1. The van der Waals surface area contributed by atoms with Crippen LogP contribution in [0.3, 0.4) is 0 Å². The quantitative estimate of drug-likeness (QED) is 0.0490. The summed E-state index contributed by atoms with van der Waals surface area (Å²) < 4.78 is 6.79. The smallest absolute Gasteiger partial charge is 0.169 e. The fraction of sp³-hybridized carbons (Fsp3) is 0.478. The zero-order valence-electron chi connectivity index (χ0n) is 31.3. The first-order chi connectivity index (χ1) is 25.7. The molecule has 3 aliphatic rings. The van der Waals surface area contributed by atoms with E-state index in [2.05, 4.69) is 30.4 Å². The van der Waals surface area contributed by atoms with Crippen molar-refractivity contribution in [3.05, 3.63) is 88.0 Å². The molecule has 2 saturated carbocycles. The largest absolute Gasteiger partial charge is 0.507 e. The summed E-state index contributed by atoms with van der Waals surface area (Å²) in [7, 11) is 0. The van der Waals surface area contributed by atoms with Crippen LogP contribution in [0.25, 0.3) is 22.9 Å². The van der Waals surface area contributed by atoms with Crippen LogP contribution < -0.4 is 5.32 Å². The Balaban J connectivity index is 1.12. The molecule has 0 radical (unpaired) electrons. The number of rotatable bonds is 12. The molecule has 7 heteroatoms. The lowest BCUT2D eigenvalue weighted by Gasteiger charge is -2.55. The van der Waals surface area contributed by atoms with Gasteiger partial charge in [0.15, 0.2) is 23.0 Å². The molecule has 1 saturated heterocycles. The molecule has 4 aromatic carbocycles. The van der Waals surface area contributed by atoms with Crippen molar-refractivity contribution in [2.45, 2.75) is 128 Å². The fourth-order valence-corrected chi connectivity index (χ4v) is 9.96. The van der Waals surface area contributed by atoms with Crippen LogP contribution in [0.15, 0.2) is 54.6 Å². The summed E-state index contributed by atoms with van der Waals surface area (Å²) in [5, 5.41) is 57.8. The average Bonchev–Trinajstić information content (AvgIpc) is 3.64. The lowest BCUT2D eigenvalue weighted by Crippen LogP contribution is -2.57. The Bertz CT molecular complexity index is 1940. The molecule has 2 atom stereocenters. The molecule has 0 aromatic heterocycles. The lowest BCUT2D eigenvalue weighted by molar-refractivity contribution is -0.186. The SMILES string of the molecule is CCCCCc1cc(CCc2c(O)c(O)c3c(O)cccc3c2C=Cc2ccc(O)c(O)c2)ccc1CN[C@H]1CCO[C@@]2(CCCCC23CCCC3)C1. The molecule has 1 heterocycles. The van der Waals surface area contributed by atoms with Crippen molar-refractivity contribution in [2.24, 2.45) is 5.41 Å². The number of phenols is 5. The molecule has 0 unspecified atom stereocenters. The number of ether oxygens (including phenoxy) is 1. The van der Waals surface area contributed by atoms with Crippen molar-refractivity contribution in [3.63, 3.8) is 0 Å². The molecule has 7 rings (SSSR count). The molecule has 4 aromatic rings. The Morgan fingerprint density at radius 2 is 1.55 bits per heavy atom. The van der Waals surface area contributed by atoms with Crippen LogP contribution >= 0.6 is 0 Å². The van der Waals surface area contributed by atoms with E-state index in [9.17, 15) is 25.5 Å². The number of fused-ring (bicyclic) bond motifs is 2. The third kappa shape index (κ3) is 7.61. The van der Waals surface area contributed by atoms with Gasteiger partial charge in [-0.2, -0.15) is 0 Å². The summed E-state index contributed by atoms with van der Waals surface area (Å²) in [4.78, 5) is 0. The van der Waals surface area contributed by atoms with Crippen LogP contribution in [0, 0.1) is 5.41 Å². The average molecular weight is 720 g/mol. The van der Waals surface area contributed by atoms with E-state index in [4.69, 9.17) is 4.74 Å². The summed E-state index contributed by atoms with van der Waals surface area (Å²) in [6.45, 7) is 3.94. The van der Waals surface area contributed by atoms with E-state index >= 15 is 0 Å². The van der Waals surface area contributed by atoms with E-state index in [1.165, 1.54) is 99.1 Å².